The van der Waals surface area contributed by atoms with Gasteiger partial charge in [0, 0.05) is 26.3 Å². The van der Waals surface area contributed by atoms with E-state index >= 15 is 0 Å². The number of benzene rings is 1. The molecule has 1 aliphatic heterocycles. The highest BCUT2D eigenvalue weighted by molar-refractivity contribution is 6.33. The summed E-state index contributed by atoms with van der Waals surface area (Å²) < 4.78 is 45.0. The van der Waals surface area contributed by atoms with E-state index in [2.05, 4.69) is 10.3 Å². The number of carbonyl (C=O) groups is 1. The van der Waals surface area contributed by atoms with E-state index in [0.717, 1.165) is 31.0 Å². The first kappa shape index (κ1) is 22.1. The van der Waals surface area contributed by atoms with Gasteiger partial charge in [-0.05, 0) is 31.0 Å². The fraction of sp³-hybridized carbons (Fsp3) is 0.421. The molecule has 162 valence electrons. The Kier molecular flexibility index (Phi) is 6.67. The summed E-state index contributed by atoms with van der Waals surface area (Å²) in [6.45, 7) is 1.09. The summed E-state index contributed by atoms with van der Waals surface area (Å²) in [6, 6.07) is 3.91. The Balaban J connectivity index is 1.87. The summed E-state index contributed by atoms with van der Waals surface area (Å²) in [6.07, 6.45) is -2.72. The summed E-state index contributed by atoms with van der Waals surface area (Å²) in [7, 11) is 1.48. The summed E-state index contributed by atoms with van der Waals surface area (Å²) in [5.41, 5.74) is -1.15. The van der Waals surface area contributed by atoms with E-state index in [9.17, 15) is 22.8 Å². The number of halogens is 4. The van der Waals surface area contributed by atoms with Crippen molar-refractivity contribution in [3.8, 4) is 0 Å². The Morgan fingerprint density at radius 3 is 2.60 bits per heavy atom. The van der Waals surface area contributed by atoms with Crippen LogP contribution in [-0.2, 0) is 28.9 Å². The van der Waals surface area contributed by atoms with Crippen LogP contribution in [0.3, 0.4) is 0 Å². The van der Waals surface area contributed by atoms with Crippen molar-refractivity contribution >= 4 is 29.1 Å². The Hall–Kier alpha value is -2.59. The van der Waals surface area contributed by atoms with Gasteiger partial charge in [0.25, 0.3) is 5.56 Å². The second kappa shape index (κ2) is 9.05. The smallest absolute Gasteiger partial charge is 0.378 e. The lowest BCUT2D eigenvalue weighted by molar-refractivity contribution is -0.137. The van der Waals surface area contributed by atoms with Gasteiger partial charge in [0.05, 0.1) is 28.6 Å². The van der Waals surface area contributed by atoms with Gasteiger partial charge in [-0.3, -0.25) is 14.2 Å². The Morgan fingerprint density at radius 2 is 1.97 bits per heavy atom. The SMILES string of the molecule is COCc1cc(=O)n(CC(=O)Nc2cc(C(F)(F)F)ccc2Cl)c(N2CCCC2)n1. The van der Waals surface area contributed by atoms with E-state index in [4.69, 9.17) is 16.3 Å². The quantitative estimate of drug-likeness (QED) is 0.739. The van der Waals surface area contributed by atoms with Crippen LogP contribution in [0.2, 0.25) is 5.02 Å². The second-order valence-electron chi connectivity index (χ2n) is 6.84. The van der Waals surface area contributed by atoms with Gasteiger partial charge < -0.3 is 15.0 Å². The third-order valence-electron chi connectivity index (χ3n) is 4.59. The molecule has 1 N–H and O–H groups in total. The Bertz CT molecular complexity index is 988. The standard InChI is InChI=1S/C19H20ClF3N4O3/c1-30-11-13-9-17(29)27(18(24-13)26-6-2-3-7-26)10-16(28)25-15-8-12(19(21,22)23)4-5-14(15)20/h4-5,8-9H,2-3,6-7,10-11H2,1H3,(H,25,28). The molecule has 7 nitrogen and oxygen atoms in total. The van der Waals surface area contributed by atoms with Gasteiger partial charge >= 0.3 is 6.18 Å². The van der Waals surface area contributed by atoms with Crippen molar-refractivity contribution in [2.24, 2.45) is 0 Å². The molecule has 1 aromatic heterocycles. The number of methoxy groups -OCH3 is 1. The summed E-state index contributed by atoms with van der Waals surface area (Å²) >= 11 is 5.93. The van der Waals surface area contributed by atoms with Crippen molar-refractivity contribution in [2.75, 3.05) is 30.4 Å². The van der Waals surface area contributed by atoms with Crippen LogP contribution in [0.4, 0.5) is 24.8 Å². The maximum atomic E-state index is 12.9. The van der Waals surface area contributed by atoms with Crippen molar-refractivity contribution < 1.29 is 22.7 Å². The molecule has 2 aromatic rings. The van der Waals surface area contributed by atoms with Crippen molar-refractivity contribution in [1.82, 2.24) is 9.55 Å². The van der Waals surface area contributed by atoms with Gasteiger partial charge in [-0.2, -0.15) is 13.2 Å². The lowest BCUT2D eigenvalue weighted by Gasteiger charge is -2.22. The molecule has 0 unspecified atom stereocenters. The zero-order valence-corrected chi connectivity index (χ0v) is 16.9. The molecule has 1 aliphatic rings. The number of rotatable bonds is 6. The normalized spacial score (nSPS) is 14.2. The molecule has 1 amide bonds. The number of hydrogen-bond donors (Lipinski definition) is 1. The van der Waals surface area contributed by atoms with Gasteiger partial charge in [0.1, 0.15) is 6.54 Å². The van der Waals surface area contributed by atoms with Crippen LogP contribution in [0.15, 0.2) is 29.1 Å². The first-order chi connectivity index (χ1) is 14.2. The highest BCUT2D eigenvalue weighted by atomic mass is 35.5. The van der Waals surface area contributed by atoms with Gasteiger partial charge in [0.2, 0.25) is 11.9 Å². The van der Waals surface area contributed by atoms with E-state index in [0.29, 0.717) is 24.7 Å². The van der Waals surface area contributed by atoms with E-state index in [1.165, 1.54) is 17.7 Å². The third kappa shape index (κ3) is 5.11. The van der Waals surface area contributed by atoms with Gasteiger partial charge in [-0.25, -0.2) is 4.98 Å². The summed E-state index contributed by atoms with van der Waals surface area (Å²) in [5.74, 6) is -0.364. The van der Waals surface area contributed by atoms with E-state index in [1.807, 2.05) is 4.90 Å². The molecule has 0 radical (unpaired) electrons. The van der Waals surface area contributed by atoms with Crippen molar-refractivity contribution in [3.63, 3.8) is 0 Å². The van der Waals surface area contributed by atoms with E-state index < -0.39 is 29.8 Å². The number of hydrogen-bond acceptors (Lipinski definition) is 5. The van der Waals surface area contributed by atoms with Crippen molar-refractivity contribution in [1.29, 1.82) is 0 Å². The van der Waals surface area contributed by atoms with Gasteiger partial charge in [-0.1, -0.05) is 11.6 Å². The van der Waals surface area contributed by atoms with Crippen molar-refractivity contribution in [3.05, 3.63) is 50.9 Å². The van der Waals surface area contributed by atoms with Crippen LogP contribution in [0.5, 0.6) is 0 Å². The molecular formula is C19H20ClF3N4O3. The highest BCUT2D eigenvalue weighted by Gasteiger charge is 2.31. The number of carbonyl (C=O) groups excluding carboxylic acids is 1. The minimum absolute atomic E-state index is 0.0444. The van der Waals surface area contributed by atoms with Gasteiger partial charge in [-0.15, -0.1) is 0 Å². The number of aromatic nitrogens is 2. The minimum atomic E-state index is -4.58. The molecule has 2 heterocycles. The third-order valence-corrected chi connectivity index (χ3v) is 4.92. The topological polar surface area (TPSA) is 76.5 Å². The number of nitrogens with zero attached hydrogens (tertiary/aromatic N) is 3. The number of alkyl halides is 3. The highest BCUT2D eigenvalue weighted by Crippen LogP contribution is 2.33. The predicted molar refractivity (Wildman–Crippen MR) is 106 cm³/mol. The average molecular weight is 445 g/mol. The number of anilines is 2. The zero-order chi connectivity index (χ0) is 21.9. The molecule has 30 heavy (non-hydrogen) atoms. The fourth-order valence-corrected chi connectivity index (χ4v) is 3.36. The molecule has 11 heteroatoms. The van der Waals surface area contributed by atoms with Crippen LogP contribution >= 0.6 is 11.6 Å². The molecule has 1 saturated heterocycles. The minimum Gasteiger partial charge on any atom is -0.378 e. The maximum absolute atomic E-state index is 12.9. The predicted octanol–water partition coefficient (Wildman–Crippen LogP) is 3.30. The Morgan fingerprint density at radius 1 is 1.27 bits per heavy atom. The lowest BCUT2D eigenvalue weighted by atomic mass is 10.2. The summed E-state index contributed by atoms with van der Waals surface area (Å²) in [4.78, 5) is 31.5. The van der Waals surface area contributed by atoms with E-state index in [-0.39, 0.29) is 17.3 Å². The lowest BCUT2D eigenvalue weighted by Crippen LogP contribution is -2.35. The average Bonchev–Trinajstić information content (AvgIpc) is 3.19. The molecule has 0 spiro atoms. The van der Waals surface area contributed by atoms with Crippen LogP contribution in [-0.4, -0.2) is 35.7 Å². The summed E-state index contributed by atoms with van der Waals surface area (Å²) in [5, 5.41) is 2.31. The number of ether oxygens (including phenoxy) is 1. The molecule has 0 atom stereocenters. The molecular weight excluding hydrogens is 425 g/mol. The number of nitrogens with one attached hydrogen (secondary N) is 1. The fourth-order valence-electron chi connectivity index (χ4n) is 3.20. The largest absolute Gasteiger partial charge is 0.416 e. The van der Waals surface area contributed by atoms with Crippen molar-refractivity contribution in [2.45, 2.75) is 32.2 Å². The molecule has 1 fully saturated rings. The molecule has 0 bridgehead atoms. The zero-order valence-electron chi connectivity index (χ0n) is 16.1. The van der Waals surface area contributed by atoms with Crippen LogP contribution in [0.1, 0.15) is 24.1 Å². The first-order valence-corrected chi connectivity index (χ1v) is 9.58. The van der Waals surface area contributed by atoms with Crippen LogP contribution in [0, 0.1) is 0 Å². The molecule has 3 rings (SSSR count). The van der Waals surface area contributed by atoms with Crippen LogP contribution < -0.4 is 15.8 Å². The maximum Gasteiger partial charge on any atom is 0.416 e. The monoisotopic (exact) mass is 444 g/mol. The number of amides is 1. The second-order valence-corrected chi connectivity index (χ2v) is 7.25. The van der Waals surface area contributed by atoms with E-state index in [1.54, 1.807) is 0 Å². The van der Waals surface area contributed by atoms with Crippen LogP contribution in [0.25, 0.3) is 0 Å². The molecule has 0 aliphatic carbocycles. The van der Waals surface area contributed by atoms with Gasteiger partial charge in [0.15, 0.2) is 0 Å². The Labute approximate surface area is 175 Å². The molecule has 1 aromatic carbocycles. The first-order valence-electron chi connectivity index (χ1n) is 9.20. The molecule has 0 saturated carbocycles.